The molecule has 0 fully saturated rings. The van der Waals surface area contributed by atoms with Crippen molar-refractivity contribution in [3.05, 3.63) is 52.6 Å². The number of benzene rings is 2. The summed E-state index contributed by atoms with van der Waals surface area (Å²) in [7, 11) is -2.35. The summed E-state index contributed by atoms with van der Waals surface area (Å²) in [5, 5.41) is 2.78. The second kappa shape index (κ2) is 7.14. The van der Waals surface area contributed by atoms with Gasteiger partial charge < -0.3 is 15.8 Å². The van der Waals surface area contributed by atoms with Gasteiger partial charge >= 0.3 is 0 Å². The monoisotopic (exact) mass is 361 g/mol. The van der Waals surface area contributed by atoms with E-state index < -0.39 is 10.0 Å². The number of ether oxygens (including phenoxy) is 1. The number of hydrogen-bond acceptors (Lipinski definition) is 3. The number of hydrogen-bond donors (Lipinski definition) is 2. The zero-order valence-electron chi connectivity index (χ0n) is 15.0. The molecule has 7 heteroatoms. The van der Waals surface area contributed by atoms with E-state index in [9.17, 15) is 8.42 Å². The minimum atomic E-state index is -3.92. The van der Waals surface area contributed by atoms with Gasteiger partial charge in [-0.3, -0.25) is 0 Å². The zero-order valence-corrected chi connectivity index (χ0v) is 15.9. The summed E-state index contributed by atoms with van der Waals surface area (Å²) in [5.74, 6) is 0.497. The SMILES string of the molecule is COc1ccc(NC(N)=NS(=O)(=O)c2c(C)cc(C)c(C)c2C)cc1. The van der Waals surface area contributed by atoms with Gasteiger partial charge in [0.15, 0.2) is 0 Å². The Morgan fingerprint density at radius 2 is 1.64 bits per heavy atom. The van der Waals surface area contributed by atoms with Gasteiger partial charge in [0, 0.05) is 5.69 Å². The summed E-state index contributed by atoms with van der Waals surface area (Å²) in [6.45, 7) is 7.39. The van der Waals surface area contributed by atoms with Crippen molar-refractivity contribution in [3.63, 3.8) is 0 Å². The van der Waals surface area contributed by atoms with Crippen molar-refractivity contribution in [3.8, 4) is 5.75 Å². The van der Waals surface area contributed by atoms with E-state index in [1.807, 2.05) is 19.9 Å². The third-order valence-electron chi connectivity index (χ3n) is 4.12. The number of anilines is 1. The van der Waals surface area contributed by atoms with Gasteiger partial charge in [0.25, 0.3) is 10.0 Å². The van der Waals surface area contributed by atoms with Crippen LogP contribution in [0.5, 0.6) is 5.75 Å². The number of guanidine groups is 1. The van der Waals surface area contributed by atoms with Gasteiger partial charge in [-0.2, -0.15) is 8.42 Å². The Kier molecular flexibility index (Phi) is 5.37. The van der Waals surface area contributed by atoms with Gasteiger partial charge in [-0.15, -0.1) is 4.40 Å². The van der Waals surface area contributed by atoms with Gasteiger partial charge in [0.05, 0.1) is 12.0 Å². The molecule has 3 N–H and O–H groups in total. The summed E-state index contributed by atoms with van der Waals surface area (Å²) in [6.07, 6.45) is 0. The Bertz CT molecular complexity index is 918. The predicted octanol–water partition coefficient (Wildman–Crippen LogP) is 3.04. The Hall–Kier alpha value is -2.54. The molecule has 25 heavy (non-hydrogen) atoms. The summed E-state index contributed by atoms with van der Waals surface area (Å²) in [5.41, 5.74) is 9.74. The number of methoxy groups -OCH3 is 1. The van der Waals surface area contributed by atoms with Crippen LogP contribution in [0.3, 0.4) is 0 Å². The van der Waals surface area contributed by atoms with Crippen LogP contribution in [-0.2, 0) is 10.0 Å². The van der Waals surface area contributed by atoms with Crippen molar-refractivity contribution in [2.75, 3.05) is 12.4 Å². The second-order valence-corrected chi connectivity index (χ2v) is 7.44. The maximum Gasteiger partial charge on any atom is 0.286 e. The fraction of sp³-hybridized carbons (Fsp3) is 0.278. The first-order valence-electron chi connectivity index (χ1n) is 7.74. The van der Waals surface area contributed by atoms with E-state index >= 15 is 0 Å². The van der Waals surface area contributed by atoms with Crippen molar-refractivity contribution < 1.29 is 13.2 Å². The average Bonchev–Trinajstić information content (AvgIpc) is 2.52. The van der Waals surface area contributed by atoms with Crippen LogP contribution in [0.4, 0.5) is 5.69 Å². The van der Waals surface area contributed by atoms with Gasteiger partial charge in [0.1, 0.15) is 5.75 Å². The second-order valence-electron chi connectivity index (χ2n) is 5.89. The standard InChI is InChI=1S/C18H23N3O3S/c1-11-10-12(2)17(14(4)13(11)3)25(22,23)21-18(19)20-15-6-8-16(24-5)9-7-15/h6-10H,1-5H3,(H3,19,20,21). The lowest BCUT2D eigenvalue weighted by Crippen LogP contribution is -2.24. The minimum Gasteiger partial charge on any atom is -0.497 e. The lowest BCUT2D eigenvalue weighted by atomic mass is 10.0. The van der Waals surface area contributed by atoms with Gasteiger partial charge in [-0.1, -0.05) is 6.07 Å². The van der Waals surface area contributed by atoms with Gasteiger partial charge in [0.2, 0.25) is 5.96 Å². The van der Waals surface area contributed by atoms with Crippen LogP contribution in [0.1, 0.15) is 22.3 Å². The van der Waals surface area contributed by atoms with E-state index in [1.54, 1.807) is 45.2 Å². The molecule has 0 spiro atoms. The van der Waals surface area contributed by atoms with E-state index in [0.29, 0.717) is 22.6 Å². The van der Waals surface area contributed by atoms with Crippen molar-refractivity contribution in [1.29, 1.82) is 0 Å². The highest BCUT2D eigenvalue weighted by atomic mass is 32.2. The Morgan fingerprint density at radius 1 is 1.04 bits per heavy atom. The molecule has 6 nitrogen and oxygen atoms in total. The van der Waals surface area contributed by atoms with Crippen LogP contribution in [-0.4, -0.2) is 21.5 Å². The van der Waals surface area contributed by atoms with Crippen molar-refractivity contribution >= 4 is 21.7 Å². The minimum absolute atomic E-state index is 0.192. The Morgan fingerprint density at radius 3 is 2.20 bits per heavy atom. The summed E-state index contributed by atoms with van der Waals surface area (Å²) in [6, 6.07) is 8.77. The lowest BCUT2D eigenvalue weighted by Gasteiger charge is -2.14. The molecule has 0 bridgehead atoms. The molecule has 134 valence electrons. The van der Waals surface area contributed by atoms with E-state index in [0.717, 1.165) is 11.1 Å². The number of nitrogens with zero attached hydrogens (tertiary/aromatic N) is 1. The highest BCUT2D eigenvalue weighted by molar-refractivity contribution is 7.90. The molecule has 2 aromatic rings. The molecule has 0 amide bonds. The molecule has 2 aromatic carbocycles. The molecule has 0 saturated carbocycles. The molecule has 0 atom stereocenters. The first kappa shape index (κ1) is 18.8. The highest BCUT2D eigenvalue weighted by Gasteiger charge is 2.21. The van der Waals surface area contributed by atoms with Crippen LogP contribution in [0.2, 0.25) is 0 Å². The summed E-state index contributed by atoms with van der Waals surface area (Å²) in [4.78, 5) is 0.204. The van der Waals surface area contributed by atoms with Crippen molar-refractivity contribution in [2.45, 2.75) is 32.6 Å². The molecule has 0 heterocycles. The predicted molar refractivity (Wildman–Crippen MR) is 101 cm³/mol. The topological polar surface area (TPSA) is 93.8 Å². The Balaban J connectivity index is 2.36. The van der Waals surface area contributed by atoms with E-state index in [1.165, 1.54) is 0 Å². The average molecular weight is 361 g/mol. The van der Waals surface area contributed by atoms with E-state index in [-0.39, 0.29) is 10.9 Å². The van der Waals surface area contributed by atoms with Crippen LogP contribution in [0.15, 0.2) is 39.6 Å². The molecule has 0 aliphatic heterocycles. The number of rotatable bonds is 4. The summed E-state index contributed by atoms with van der Waals surface area (Å²) < 4.78 is 34.2. The third-order valence-corrected chi connectivity index (χ3v) is 5.71. The lowest BCUT2D eigenvalue weighted by molar-refractivity contribution is 0.415. The molecule has 0 aliphatic rings. The number of sulfonamides is 1. The van der Waals surface area contributed by atoms with Crippen molar-refractivity contribution in [2.24, 2.45) is 10.1 Å². The van der Waals surface area contributed by atoms with Gasteiger partial charge in [-0.05, 0) is 74.2 Å². The highest BCUT2D eigenvalue weighted by Crippen LogP contribution is 2.27. The zero-order chi connectivity index (χ0) is 18.8. The van der Waals surface area contributed by atoms with Gasteiger partial charge in [-0.25, -0.2) is 0 Å². The molecule has 2 rings (SSSR count). The largest absolute Gasteiger partial charge is 0.497 e. The fourth-order valence-electron chi connectivity index (χ4n) is 2.68. The first-order chi connectivity index (χ1) is 11.7. The summed E-state index contributed by atoms with van der Waals surface area (Å²) >= 11 is 0. The third kappa shape index (κ3) is 4.11. The molecular weight excluding hydrogens is 338 g/mol. The number of nitrogens with one attached hydrogen (secondary N) is 1. The molecular formula is C18H23N3O3S. The van der Waals surface area contributed by atoms with E-state index in [4.69, 9.17) is 10.5 Å². The normalized spacial score (nSPS) is 12.1. The van der Waals surface area contributed by atoms with Crippen LogP contribution < -0.4 is 15.8 Å². The quantitative estimate of drug-likeness (QED) is 0.645. The molecule has 0 saturated heterocycles. The maximum absolute atomic E-state index is 12.7. The first-order valence-corrected chi connectivity index (χ1v) is 9.18. The molecule has 0 aromatic heterocycles. The van der Waals surface area contributed by atoms with Crippen LogP contribution in [0, 0.1) is 27.7 Å². The van der Waals surface area contributed by atoms with Crippen LogP contribution in [0.25, 0.3) is 0 Å². The number of aryl methyl sites for hydroxylation is 2. The fourth-order valence-corrected chi connectivity index (χ4v) is 4.08. The molecule has 0 unspecified atom stereocenters. The number of nitrogens with two attached hydrogens (primary N) is 1. The van der Waals surface area contributed by atoms with Crippen LogP contribution >= 0.6 is 0 Å². The Labute approximate surface area is 148 Å². The maximum atomic E-state index is 12.7. The molecule has 0 radical (unpaired) electrons. The smallest absolute Gasteiger partial charge is 0.286 e. The van der Waals surface area contributed by atoms with E-state index in [2.05, 4.69) is 9.71 Å². The van der Waals surface area contributed by atoms with Crippen molar-refractivity contribution in [1.82, 2.24) is 0 Å². The molecule has 0 aliphatic carbocycles.